The summed E-state index contributed by atoms with van der Waals surface area (Å²) in [6, 6.07) is 5.40. The van der Waals surface area contributed by atoms with E-state index in [9.17, 15) is 4.39 Å². The Morgan fingerprint density at radius 1 is 1.39 bits per heavy atom. The average Bonchev–Trinajstić information content (AvgIpc) is 2.32. The minimum atomic E-state index is -0.130. The maximum atomic E-state index is 13.4. The summed E-state index contributed by atoms with van der Waals surface area (Å²) in [4.78, 5) is 0. The quantitative estimate of drug-likeness (QED) is 0.797. The summed E-state index contributed by atoms with van der Waals surface area (Å²) in [6.45, 7) is 10.2. The van der Waals surface area contributed by atoms with Gasteiger partial charge in [0, 0.05) is 6.54 Å². The van der Waals surface area contributed by atoms with E-state index in [1.165, 1.54) is 5.57 Å². The number of aryl methyl sites for hydroxylation is 1. The summed E-state index contributed by atoms with van der Waals surface area (Å²) in [7, 11) is 0. The Balaban J connectivity index is 2.68. The van der Waals surface area contributed by atoms with E-state index >= 15 is 0 Å². The van der Waals surface area contributed by atoms with Crippen molar-refractivity contribution in [2.75, 3.05) is 13.1 Å². The molecule has 18 heavy (non-hydrogen) atoms. The van der Waals surface area contributed by atoms with Gasteiger partial charge in [-0.2, -0.15) is 0 Å². The van der Waals surface area contributed by atoms with Gasteiger partial charge in [-0.15, -0.1) is 0 Å². The minimum Gasteiger partial charge on any atom is -0.313 e. The molecule has 1 aromatic carbocycles. The molecule has 1 aromatic rings. The third-order valence-corrected chi connectivity index (χ3v) is 2.93. The van der Waals surface area contributed by atoms with Crippen molar-refractivity contribution in [1.29, 1.82) is 0 Å². The summed E-state index contributed by atoms with van der Waals surface area (Å²) in [5, 5.41) is 3.42. The molecule has 0 fully saturated rings. The molecule has 0 amide bonds. The zero-order valence-electron chi connectivity index (χ0n) is 11.9. The third kappa shape index (κ3) is 5.01. The summed E-state index contributed by atoms with van der Waals surface area (Å²) in [6.07, 6.45) is 3.07. The van der Waals surface area contributed by atoms with Crippen molar-refractivity contribution in [3.05, 3.63) is 40.7 Å². The topological polar surface area (TPSA) is 12.0 Å². The first-order valence-corrected chi connectivity index (χ1v) is 6.69. The molecule has 0 bridgehead atoms. The van der Waals surface area contributed by atoms with Crippen molar-refractivity contribution < 1.29 is 4.39 Å². The van der Waals surface area contributed by atoms with E-state index < -0.39 is 0 Å². The average molecular weight is 249 g/mol. The second-order valence-corrected chi connectivity index (χ2v) is 5.19. The summed E-state index contributed by atoms with van der Waals surface area (Å²) >= 11 is 0. The van der Waals surface area contributed by atoms with Crippen molar-refractivity contribution in [3.63, 3.8) is 0 Å². The molecule has 1 N–H and O–H groups in total. The Morgan fingerprint density at radius 3 is 2.67 bits per heavy atom. The van der Waals surface area contributed by atoms with Gasteiger partial charge in [0.1, 0.15) is 5.82 Å². The van der Waals surface area contributed by atoms with Crippen LogP contribution in [0.5, 0.6) is 0 Å². The van der Waals surface area contributed by atoms with Crippen LogP contribution in [0, 0.1) is 18.7 Å². The van der Waals surface area contributed by atoms with Gasteiger partial charge in [0.25, 0.3) is 0 Å². The molecular formula is C16H24FN. The molecule has 100 valence electrons. The van der Waals surface area contributed by atoms with Gasteiger partial charge in [-0.3, -0.25) is 0 Å². The summed E-state index contributed by atoms with van der Waals surface area (Å²) in [5.74, 6) is 0.522. The minimum absolute atomic E-state index is 0.130. The van der Waals surface area contributed by atoms with Gasteiger partial charge in [0.05, 0.1) is 0 Å². The fraction of sp³-hybridized carbons (Fsp3) is 0.500. The van der Waals surface area contributed by atoms with Crippen molar-refractivity contribution in [2.45, 2.75) is 34.1 Å². The first-order valence-electron chi connectivity index (χ1n) is 6.69. The highest BCUT2D eigenvalue weighted by atomic mass is 19.1. The lowest BCUT2D eigenvalue weighted by atomic mass is 10.1. The lowest BCUT2D eigenvalue weighted by molar-refractivity contribution is 0.569. The smallest absolute Gasteiger partial charge is 0.126 e. The molecule has 0 atom stereocenters. The van der Waals surface area contributed by atoms with Gasteiger partial charge < -0.3 is 5.32 Å². The van der Waals surface area contributed by atoms with Crippen molar-refractivity contribution >= 4 is 6.08 Å². The Labute approximate surface area is 110 Å². The van der Waals surface area contributed by atoms with Crippen LogP contribution in [-0.2, 0) is 0 Å². The lowest BCUT2D eigenvalue weighted by Gasteiger charge is -2.09. The predicted octanol–water partition coefficient (Wildman–Crippen LogP) is 4.17. The molecule has 0 aliphatic rings. The molecule has 0 spiro atoms. The number of rotatable bonds is 6. The molecule has 1 nitrogen and oxygen atoms in total. The van der Waals surface area contributed by atoms with Gasteiger partial charge in [-0.05, 0) is 43.0 Å². The molecule has 0 aliphatic heterocycles. The highest BCUT2D eigenvalue weighted by Gasteiger charge is 2.00. The zero-order valence-corrected chi connectivity index (χ0v) is 11.9. The van der Waals surface area contributed by atoms with Crippen LogP contribution in [0.15, 0.2) is 23.8 Å². The molecule has 0 aromatic heterocycles. The standard InChI is InChI=1S/C16H24FN/c1-5-14(11-18-10-12(2)3)8-15-7-6-13(4)16(17)9-15/h6-9,12,18H,5,10-11H2,1-4H3. The molecule has 0 saturated heterocycles. The van der Waals surface area contributed by atoms with Crippen LogP contribution in [0.4, 0.5) is 4.39 Å². The van der Waals surface area contributed by atoms with Crippen LogP contribution in [0.1, 0.15) is 38.3 Å². The highest BCUT2D eigenvalue weighted by molar-refractivity contribution is 5.53. The van der Waals surface area contributed by atoms with E-state index in [4.69, 9.17) is 0 Å². The van der Waals surface area contributed by atoms with Crippen molar-refractivity contribution in [2.24, 2.45) is 5.92 Å². The largest absolute Gasteiger partial charge is 0.313 e. The number of benzene rings is 1. The molecular weight excluding hydrogens is 225 g/mol. The van der Waals surface area contributed by atoms with E-state index in [2.05, 4.69) is 32.2 Å². The maximum absolute atomic E-state index is 13.4. The molecule has 0 unspecified atom stereocenters. The van der Waals surface area contributed by atoms with Crippen molar-refractivity contribution in [1.82, 2.24) is 5.32 Å². The van der Waals surface area contributed by atoms with Gasteiger partial charge >= 0.3 is 0 Å². The number of hydrogen-bond donors (Lipinski definition) is 1. The number of nitrogens with one attached hydrogen (secondary N) is 1. The number of halogens is 1. The van der Waals surface area contributed by atoms with E-state index in [-0.39, 0.29) is 5.82 Å². The molecule has 0 saturated carbocycles. The van der Waals surface area contributed by atoms with Crippen LogP contribution in [0.3, 0.4) is 0 Å². The lowest BCUT2D eigenvalue weighted by Crippen LogP contribution is -2.21. The van der Waals surface area contributed by atoms with E-state index in [0.717, 1.165) is 25.1 Å². The Kier molecular flexibility index (Phi) is 6.06. The van der Waals surface area contributed by atoms with Crippen LogP contribution in [0.25, 0.3) is 6.08 Å². The second-order valence-electron chi connectivity index (χ2n) is 5.19. The molecule has 2 heteroatoms. The van der Waals surface area contributed by atoms with E-state index in [1.54, 1.807) is 13.0 Å². The van der Waals surface area contributed by atoms with Crippen LogP contribution >= 0.6 is 0 Å². The highest BCUT2D eigenvalue weighted by Crippen LogP contribution is 2.13. The molecule has 0 radical (unpaired) electrons. The van der Waals surface area contributed by atoms with Crippen LogP contribution in [0.2, 0.25) is 0 Å². The van der Waals surface area contributed by atoms with Crippen LogP contribution < -0.4 is 5.32 Å². The fourth-order valence-corrected chi connectivity index (χ4v) is 1.73. The van der Waals surface area contributed by atoms with Gasteiger partial charge in [0.15, 0.2) is 0 Å². The van der Waals surface area contributed by atoms with Crippen molar-refractivity contribution in [3.8, 4) is 0 Å². The first kappa shape index (κ1) is 14.9. The first-order chi connectivity index (χ1) is 8.52. The Morgan fingerprint density at radius 2 is 2.11 bits per heavy atom. The molecule has 0 heterocycles. The summed E-state index contributed by atoms with van der Waals surface area (Å²) < 4.78 is 13.4. The van der Waals surface area contributed by atoms with Gasteiger partial charge in [-0.1, -0.05) is 44.6 Å². The number of hydrogen-bond acceptors (Lipinski definition) is 1. The third-order valence-electron chi connectivity index (χ3n) is 2.93. The predicted molar refractivity (Wildman–Crippen MR) is 77.1 cm³/mol. The summed E-state index contributed by atoms with van der Waals surface area (Å²) in [5.41, 5.74) is 2.95. The zero-order chi connectivity index (χ0) is 13.5. The Bertz CT molecular complexity index is 408. The maximum Gasteiger partial charge on any atom is 0.126 e. The Hall–Kier alpha value is -1.15. The molecule has 0 aliphatic carbocycles. The normalized spacial score (nSPS) is 12.2. The van der Waals surface area contributed by atoms with E-state index in [0.29, 0.717) is 11.5 Å². The monoisotopic (exact) mass is 249 g/mol. The van der Waals surface area contributed by atoms with E-state index in [1.807, 2.05) is 12.1 Å². The second kappa shape index (κ2) is 7.32. The SMILES string of the molecule is CCC(=Cc1ccc(C)c(F)c1)CNCC(C)C. The fourth-order valence-electron chi connectivity index (χ4n) is 1.73. The van der Waals surface area contributed by atoms with Gasteiger partial charge in [0.2, 0.25) is 0 Å². The van der Waals surface area contributed by atoms with Crippen LogP contribution in [-0.4, -0.2) is 13.1 Å². The van der Waals surface area contributed by atoms with Gasteiger partial charge in [-0.25, -0.2) is 4.39 Å². The molecule has 1 rings (SSSR count).